The number of hydrogen-bond acceptors (Lipinski definition) is 4. The van der Waals surface area contributed by atoms with Gasteiger partial charge in [-0.3, -0.25) is 4.79 Å². The van der Waals surface area contributed by atoms with Crippen molar-refractivity contribution in [2.45, 2.75) is 18.9 Å². The number of aliphatic hydroxyl groups is 1. The van der Waals surface area contributed by atoms with Crippen molar-refractivity contribution < 1.29 is 19.4 Å². The van der Waals surface area contributed by atoms with Crippen molar-refractivity contribution in [2.24, 2.45) is 0 Å². The van der Waals surface area contributed by atoms with Gasteiger partial charge in [0, 0.05) is 11.4 Å². The van der Waals surface area contributed by atoms with E-state index in [2.05, 4.69) is 4.74 Å². The molecule has 1 atom stereocenters. The molecule has 0 heterocycles. The second-order valence-electron chi connectivity index (χ2n) is 3.74. The molecule has 0 aliphatic heterocycles. The number of esters is 1. The molecule has 0 aromatic heterocycles. The van der Waals surface area contributed by atoms with Crippen LogP contribution in [0.2, 0.25) is 5.02 Å². The second-order valence-corrected chi connectivity index (χ2v) is 4.17. The molecule has 0 aliphatic carbocycles. The van der Waals surface area contributed by atoms with Gasteiger partial charge >= 0.3 is 5.97 Å². The molecular weight excluding hydrogens is 244 g/mol. The fourth-order valence-corrected chi connectivity index (χ4v) is 1.67. The van der Waals surface area contributed by atoms with Gasteiger partial charge in [0.25, 0.3) is 0 Å². The number of rotatable bonds is 4. The Morgan fingerprint density at radius 1 is 1.35 bits per heavy atom. The van der Waals surface area contributed by atoms with Gasteiger partial charge in [0.1, 0.15) is 5.78 Å². The number of methoxy groups -OCH3 is 1. The zero-order valence-electron chi connectivity index (χ0n) is 9.57. The highest BCUT2D eigenvalue weighted by atomic mass is 35.5. The molecule has 1 N–H and O–H groups in total. The zero-order chi connectivity index (χ0) is 13.1. The largest absolute Gasteiger partial charge is 0.467 e. The van der Waals surface area contributed by atoms with Crippen LogP contribution in [0, 0.1) is 0 Å². The molecule has 92 valence electrons. The number of Topliss-reactive ketones (excluding diaryl/α,β-unsaturated/α-hetero) is 1. The van der Waals surface area contributed by atoms with Crippen molar-refractivity contribution in [3.8, 4) is 0 Å². The molecule has 0 amide bonds. The zero-order valence-corrected chi connectivity index (χ0v) is 10.3. The highest BCUT2D eigenvalue weighted by molar-refractivity contribution is 6.30. The number of halogens is 1. The van der Waals surface area contributed by atoms with Crippen LogP contribution in [0.3, 0.4) is 0 Å². The first-order valence-electron chi connectivity index (χ1n) is 4.96. The van der Waals surface area contributed by atoms with Crippen LogP contribution in [0.1, 0.15) is 18.9 Å². The quantitative estimate of drug-likeness (QED) is 0.833. The number of carbonyl (C=O) groups is 2. The maximum absolute atomic E-state index is 11.6. The minimum absolute atomic E-state index is 0.281. The topological polar surface area (TPSA) is 63.6 Å². The first-order valence-corrected chi connectivity index (χ1v) is 5.34. The molecule has 1 aromatic carbocycles. The van der Waals surface area contributed by atoms with Crippen LogP contribution in [0.5, 0.6) is 0 Å². The van der Waals surface area contributed by atoms with Crippen molar-refractivity contribution in [1.82, 2.24) is 0 Å². The van der Waals surface area contributed by atoms with E-state index in [0.717, 1.165) is 7.11 Å². The standard InChI is InChI=1S/C12H13ClO4/c1-8(14)7-12(16,11(15)17-2)9-3-5-10(13)6-4-9/h3-6,16H,7H2,1-2H3/t12-/m0/s1. The molecule has 0 saturated carbocycles. The molecule has 17 heavy (non-hydrogen) atoms. The second kappa shape index (κ2) is 5.29. The van der Waals surface area contributed by atoms with Crippen LogP contribution in [0.15, 0.2) is 24.3 Å². The van der Waals surface area contributed by atoms with E-state index in [9.17, 15) is 14.7 Å². The minimum atomic E-state index is -1.95. The summed E-state index contributed by atoms with van der Waals surface area (Å²) in [5.41, 5.74) is -1.67. The highest BCUT2D eigenvalue weighted by Gasteiger charge is 2.40. The Labute approximate surface area is 104 Å². The summed E-state index contributed by atoms with van der Waals surface area (Å²) in [5.74, 6) is -1.18. The lowest BCUT2D eigenvalue weighted by Gasteiger charge is -2.24. The summed E-state index contributed by atoms with van der Waals surface area (Å²) in [7, 11) is 1.16. The van der Waals surface area contributed by atoms with Crippen molar-refractivity contribution >= 4 is 23.4 Å². The van der Waals surface area contributed by atoms with Crippen molar-refractivity contribution in [3.05, 3.63) is 34.9 Å². The van der Waals surface area contributed by atoms with E-state index in [1.54, 1.807) is 0 Å². The third-order valence-electron chi connectivity index (χ3n) is 2.35. The Balaban J connectivity index is 3.18. The molecule has 0 fully saturated rings. The third-order valence-corrected chi connectivity index (χ3v) is 2.60. The van der Waals surface area contributed by atoms with Crippen molar-refractivity contribution in [3.63, 3.8) is 0 Å². The molecule has 0 bridgehead atoms. The van der Waals surface area contributed by atoms with Gasteiger partial charge in [0.2, 0.25) is 0 Å². The number of carbonyl (C=O) groups excluding carboxylic acids is 2. The van der Waals surface area contributed by atoms with Crippen LogP contribution in [0.4, 0.5) is 0 Å². The van der Waals surface area contributed by atoms with Gasteiger partial charge < -0.3 is 9.84 Å². The van der Waals surface area contributed by atoms with E-state index in [1.807, 2.05) is 0 Å². The smallest absolute Gasteiger partial charge is 0.343 e. The SMILES string of the molecule is COC(=O)[C@](O)(CC(C)=O)c1ccc(Cl)cc1. The molecule has 0 radical (unpaired) electrons. The summed E-state index contributed by atoms with van der Waals surface area (Å²) in [4.78, 5) is 22.7. The Bertz CT molecular complexity index is 427. The monoisotopic (exact) mass is 256 g/mol. The van der Waals surface area contributed by atoms with Crippen LogP contribution in [0.25, 0.3) is 0 Å². The average molecular weight is 257 g/mol. The maximum Gasteiger partial charge on any atom is 0.343 e. The summed E-state index contributed by atoms with van der Waals surface area (Å²) in [6.45, 7) is 1.30. The number of hydrogen-bond donors (Lipinski definition) is 1. The third kappa shape index (κ3) is 3.05. The number of ketones is 1. The molecule has 1 aromatic rings. The lowest BCUT2D eigenvalue weighted by molar-refractivity contribution is -0.166. The van der Waals surface area contributed by atoms with Gasteiger partial charge in [-0.05, 0) is 24.6 Å². The molecule has 0 unspecified atom stereocenters. The molecular formula is C12H13ClO4. The summed E-state index contributed by atoms with van der Waals surface area (Å²) < 4.78 is 4.53. The summed E-state index contributed by atoms with van der Waals surface area (Å²) in [6.07, 6.45) is -0.332. The molecule has 5 heteroatoms. The van der Waals surface area contributed by atoms with Crippen LogP contribution in [-0.2, 0) is 19.9 Å². The Kier molecular flexibility index (Phi) is 4.26. The van der Waals surface area contributed by atoms with E-state index in [4.69, 9.17) is 11.6 Å². The van der Waals surface area contributed by atoms with Crippen LogP contribution < -0.4 is 0 Å². The van der Waals surface area contributed by atoms with Gasteiger partial charge in [-0.25, -0.2) is 4.79 Å². The van der Waals surface area contributed by atoms with E-state index < -0.39 is 11.6 Å². The normalized spacial score (nSPS) is 13.9. The Hall–Kier alpha value is -1.39. The average Bonchev–Trinajstić information content (AvgIpc) is 2.27. The summed E-state index contributed by atoms with van der Waals surface area (Å²) in [5, 5.41) is 10.7. The van der Waals surface area contributed by atoms with Crippen molar-refractivity contribution in [1.29, 1.82) is 0 Å². The van der Waals surface area contributed by atoms with Crippen molar-refractivity contribution in [2.75, 3.05) is 7.11 Å². The van der Waals surface area contributed by atoms with Gasteiger partial charge in [-0.1, -0.05) is 23.7 Å². The van der Waals surface area contributed by atoms with Gasteiger partial charge in [0.15, 0.2) is 5.60 Å². The molecule has 0 aliphatic rings. The van der Waals surface area contributed by atoms with Crippen LogP contribution in [-0.4, -0.2) is 24.0 Å². The van der Waals surface area contributed by atoms with E-state index >= 15 is 0 Å². The fourth-order valence-electron chi connectivity index (χ4n) is 1.55. The first kappa shape index (κ1) is 13.7. The molecule has 0 spiro atoms. The van der Waals surface area contributed by atoms with Gasteiger partial charge in [0.05, 0.1) is 7.11 Å². The lowest BCUT2D eigenvalue weighted by Crippen LogP contribution is -2.38. The van der Waals surface area contributed by atoms with Crippen LogP contribution >= 0.6 is 11.6 Å². The van der Waals surface area contributed by atoms with E-state index in [1.165, 1.54) is 31.2 Å². The Morgan fingerprint density at radius 3 is 2.29 bits per heavy atom. The lowest BCUT2D eigenvalue weighted by atomic mass is 9.89. The fraction of sp³-hybridized carbons (Fsp3) is 0.333. The Morgan fingerprint density at radius 2 is 1.88 bits per heavy atom. The predicted octanol–water partition coefficient (Wildman–Crippen LogP) is 1.68. The highest BCUT2D eigenvalue weighted by Crippen LogP contribution is 2.28. The van der Waals surface area contributed by atoms with E-state index in [0.29, 0.717) is 5.02 Å². The molecule has 1 rings (SSSR count). The molecule has 0 saturated heterocycles. The summed E-state index contributed by atoms with van der Waals surface area (Å²) >= 11 is 5.72. The molecule has 4 nitrogen and oxygen atoms in total. The summed E-state index contributed by atoms with van der Waals surface area (Å²) in [6, 6.07) is 6.04. The number of ether oxygens (including phenoxy) is 1. The predicted molar refractivity (Wildman–Crippen MR) is 62.7 cm³/mol. The maximum atomic E-state index is 11.6. The minimum Gasteiger partial charge on any atom is -0.467 e. The van der Waals surface area contributed by atoms with E-state index in [-0.39, 0.29) is 17.8 Å². The van der Waals surface area contributed by atoms with Gasteiger partial charge in [-0.15, -0.1) is 0 Å². The van der Waals surface area contributed by atoms with Gasteiger partial charge in [-0.2, -0.15) is 0 Å². The first-order chi connectivity index (χ1) is 7.90. The number of benzene rings is 1.